The average molecular weight is 359 g/mol. The lowest BCUT2D eigenvalue weighted by Crippen LogP contribution is -2.11. The van der Waals surface area contributed by atoms with Crippen molar-refractivity contribution < 1.29 is 18.7 Å². The molecule has 26 heavy (non-hydrogen) atoms. The van der Waals surface area contributed by atoms with Gasteiger partial charge in [0.15, 0.2) is 11.6 Å². The normalized spacial score (nSPS) is 10.9. The van der Waals surface area contributed by atoms with Crippen LogP contribution in [0, 0.1) is 11.6 Å². The summed E-state index contributed by atoms with van der Waals surface area (Å²) >= 11 is 0. The second-order valence-electron chi connectivity index (χ2n) is 5.56. The highest BCUT2D eigenvalue weighted by atomic mass is 19.1. The number of Topliss-reactive ketones (excluding diaryl/α,β-unsaturated/α-hetero) is 1. The van der Waals surface area contributed by atoms with Crippen LogP contribution in [0.15, 0.2) is 36.4 Å². The predicted octanol–water partition coefficient (Wildman–Crippen LogP) is 1.30. The molecule has 9 heteroatoms. The highest BCUT2D eigenvalue weighted by Crippen LogP contribution is 2.21. The van der Waals surface area contributed by atoms with E-state index in [0.717, 1.165) is 17.7 Å². The lowest BCUT2D eigenvalue weighted by molar-refractivity contribution is 0.0902. The zero-order valence-electron chi connectivity index (χ0n) is 13.6. The van der Waals surface area contributed by atoms with Gasteiger partial charge in [-0.2, -0.15) is 0 Å². The summed E-state index contributed by atoms with van der Waals surface area (Å²) in [6.07, 6.45) is 0. The van der Waals surface area contributed by atoms with Crippen molar-refractivity contribution in [2.75, 3.05) is 6.61 Å². The number of nitrogens with zero attached hydrogens (tertiary/aromatic N) is 4. The molecule has 0 unspecified atom stereocenters. The first-order valence-electron chi connectivity index (χ1n) is 7.71. The van der Waals surface area contributed by atoms with E-state index in [1.165, 1.54) is 4.68 Å². The van der Waals surface area contributed by atoms with Gasteiger partial charge < -0.3 is 10.8 Å². The first-order valence-corrected chi connectivity index (χ1v) is 7.71. The Kier molecular flexibility index (Phi) is 5.10. The molecule has 0 amide bonds. The number of rotatable bonds is 6. The lowest BCUT2D eigenvalue weighted by Gasteiger charge is -2.09. The second-order valence-corrected chi connectivity index (χ2v) is 5.56. The first kappa shape index (κ1) is 17.8. The molecule has 0 saturated heterocycles. The van der Waals surface area contributed by atoms with E-state index in [1.54, 1.807) is 12.1 Å². The third kappa shape index (κ3) is 3.48. The van der Waals surface area contributed by atoms with Crippen LogP contribution < -0.4 is 5.73 Å². The number of hydrogen-bond acceptors (Lipinski definition) is 6. The molecule has 1 heterocycles. The van der Waals surface area contributed by atoms with Gasteiger partial charge in [0.25, 0.3) is 0 Å². The van der Waals surface area contributed by atoms with Crippen molar-refractivity contribution >= 4 is 5.78 Å². The van der Waals surface area contributed by atoms with Crippen LogP contribution in [0.3, 0.4) is 0 Å². The highest BCUT2D eigenvalue weighted by Gasteiger charge is 2.18. The standard InChI is InChI=1S/C17H15F2N5O2/c18-14-5-12(16(26)9-25)6-15(19)13(14)8-24-17(21-22-23-24)11-3-1-10(7-20)2-4-11/h1-6,25H,7-9,20H2. The Labute approximate surface area is 147 Å². The smallest absolute Gasteiger partial charge is 0.188 e. The molecule has 0 fully saturated rings. The number of hydrogen-bond donors (Lipinski definition) is 2. The van der Waals surface area contributed by atoms with Crippen molar-refractivity contribution in [2.45, 2.75) is 13.1 Å². The maximum atomic E-state index is 14.3. The fourth-order valence-corrected chi connectivity index (χ4v) is 2.46. The van der Waals surface area contributed by atoms with Crippen LogP contribution in [-0.4, -0.2) is 37.7 Å². The minimum absolute atomic E-state index is 0.236. The molecule has 3 rings (SSSR count). The van der Waals surface area contributed by atoms with Crippen LogP contribution >= 0.6 is 0 Å². The summed E-state index contributed by atoms with van der Waals surface area (Å²) in [6, 6.07) is 8.92. The Morgan fingerprint density at radius 2 is 1.81 bits per heavy atom. The summed E-state index contributed by atoms with van der Waals surface area (Å²) in [6.45, 7) is -0.693. The highest BCUT2D eigenvalue weighted by molar-refractivity contribution is 5.97. The maximum absolute atomic E-state index is 14.3. The van der Waals surface area contributed by atoms with E-state index >= 15 is 0 Å². The molecule has 0 spiro atoms. The van der Waals surface area contributed by atoms with Gasteiger partial charge in [0.1, 0.15) is 18.2 Å². The molecule has 1 aromatic heterocycles. The van der Waals surface area contributed by atoms with Gasteiger partial charge in [-0.05, 0) is 28.1 Å². The Bertz CT molecular complexity index is 918. The van der Waals surface area contributed by atoms with Crippen molar-refractivity contribution in [2.24, 2.45) is 5.73 Å². The molecule has 3 aromatic rings. The monoisotopic (exact) mass is 359 g/mol. The second kappa shape index (κ2) is 7.46. The van der Waals surface area contributed by atoms with Crippen LogP contribution in [0.5, 0.6) is 0 Å². The number of halogens is 2. The number of benzene rings is 2. The summed E-state index contributed by atoms with van der Waals surface area (Å²) in [5, 5.41) is 20.0. The number of carbonyl (C=O) groups is 1. The van der Waals surface area contributed by atoms with Crippen molar-refractivity contribution in [1.82, 2.24) is 20.2 Å². The average Bonchev–Trinajstić information content (AvgIpc) is 3.12. The Hall–Kier alpha value is -3.04. The van der Waals surface area contributed by atoms with Gasteiger partial charge in [-0.3, -0.25) is 4.79 Å². The van der Waals surface area contributed by atoms with Gasteiger partial charge in [0, 0.05) is 23.2 Å². The third-order valence-electron chi connectivity index (χ3n) is 3.89. The topological polar surface area (TPSA) is 107 Å². The van der Waals surface area contributed by atoms with Crippen LogP contribution in [0.25, 0.3) is 11.4 Å². The van der Waals surface area contributed by atoms with Gasteiger partial charge in [-0.25, -0.2) is 13.5 Å². The predicted molar refractivity (Wildman–Crippen MR) is 88.0 cm³/mol. The van der Waals surface area contributed by atoms with Gasteiger partial charge in [-0.1, -0.05) is 24.3 Å². The Balaban J connectivity index is 1.93. The van der Waals surface area contributed by atoms with Gasteiger partial charge >= 0.3 is 0 Å². The van der Waals surface area contributed by atoms with E-state index in [1.807, 2.05) is 12.1 Å². The van der Waals surface area contributed by atoms with Gasteiger partial charge in [0.05, 0.1) is 6.54 Å². The van der Waals surface area contributed by atoms with E-state index in [4.69, 9.17) is 10.8 Å². The number of aliphatic hydroxyl groups is 1. The van der Waals surface area contributed by atoms with Crippen LogP contribution in [0.2, 0.25) is 0 Å². The third-order valence-corrected chi connectivity index (χ3v) is 3.89. The molecule has 134 valence electrons. The molecule has 0 atom stereocenters. The molecule has 2 aromatic carbocycles. The van der Waals surface area contributed by atoms with Crippen LogP contribution in [0.1, 0.15) is 21.5 Å². The molecule has 3 N–H and O–H groups in total. The van der Waals surface area contributed by atoms with E-state index < -0.39 is 24.0 Å². The van der Waals surface area contributed by atoms with Crippen LogP contribution in [0.4, 0.5) is 8.78 Å². The Morgan fingerprint density at radius 3 is 2.38 bits per heavy atom. The molecule has 0 aliphatic rings. The minimum Gasteiger partial charge on any atom is -0.388 e. The summed E-state index contributed by atoms with van der Waals surface area (Å²) in [4.78, 5) is 11.4. The van der Waals surface area contributed by atoms with E-state index in [-0.39, 0.29) is 17.7 Å². The van der Waals surface area contributed by atoms with Crippen molar-refractivity contribution in [1.29, 1.82) is 0 Å². The molecule has 0 radical (unpaired) electrons. The summed E-state index contributed by atoms with van der Waals surface area (Å²) < 4.78 is 29.8. The quantitative estimate of drug-likeness (QED) is 0.643. The fraction of sp³-hybridized carbons (Fsp3) is 0.176. The number of carbonyl (C=O) groups excluding carboxylic acids is 1. The summed E-state index contributed by atoms with van der Waals surface area (Å²) in [5.41, 5.74) is 6.63. The number of aromatic nitrogens is 4. The van der Waals surface area contributed by atoms with Gasteiger partial charge in [-0.15, -0.1) is 5.10 Å². The molecule has 0 aliphatic heterocycles. The molecule has 0 aliphatic carbocycles. The van der Waals surface area contributed by atoms with E-state index in [0.29, 0.717) is 17.9 Å². The zero-order chi connectivity index (χ0) is 18.7. The first-order chi connectivity index (χ1) is 12.5. The molecule has 0 saturated carbocycles. The lowest BCUT2D eigenvalue weighted by atomic mass is 10.1. The van der Waals surface area contributed by atoms with Gasteiger partial charge in [0.2, 0.25) is 0 Å². The zero-order valence-corrected chi connectivity index (χ0v) is 13.6. The minimum atomic E-state index is -0.915. The van der Waals surface area contributed by atoms with E-state index in [2.05, 4.69) is 15.5 Å². The fourth-order valence-electron chi connectivity index (χ4n) is 2.46. The maximum Gasteiger partial charge on any atom is 0.188 e. The largest absolute Gasteiger partial charge is 0.388 e. The Morgan fingerprint density at radius 1 is 1.15 bits per heavy atom. The van der Waals surface area contributed by atoms with Crippen LogP contribution in [-0.2, 0) is 13.1 Å². The van der Waals surface area contributed by atoms with Crippen molar-refractivity contribution in [3.63, 3.8) is 0 Å². The van der Waals surface area contributed by atoms with Crippen molar-refractivity contribution in [3.05, 3.63) is 64.7 Å². The van der Waals surface area contributed by atoms with Crippen molar-refractivity contribution in [3.8, 4) is 11.4 Å². The number of ketones is 1. The van der Waals surface area contributed by atoms with E-state index in [9.17, 15) is 13.6 Å². The molecule has 0 bridgehead atoms. The molecular formula is C17H15F2N5O2. The summed E-state index contributed by atoms with van der Waals surface area (Å²) in [5.74, 6) is -2.26. The number of tetrazole rings is 1. The SMILES string of the molecule is NCc1ccc(-c2nnnn2Cc2c(F)cc(C(=O)CO)cc2F)cc1. The molecular weight excluding hydrogens is 344 g/mol. The number of nitrogens with two attached hydrogens (primary N) is 1. The molecule has 7 nitrogen and oxygen atoms in total. The summed E-state index contributed by atoms with van der Waals surface area (Å²) in [7, 11) is 0. The number of aliphatic hydroxyl groups excluding tert-OH is 1.